The van der Waals surface area contributed by atoms with E-state index in [-0.39, 0.29) is 5.91 Å². The molecule has 1 aromatic heterocycles. The highest BCUT2D eigenvalue weighted by Gasteiger charge is 2.30. The quantitative estimate of drug-likeness (QED) is 0.507. The Morgan fingerprint density at radius 3 is 2.35 bits per heavy atom. The maximum atomic E-state index is 12.9. The molecule has 2 aromatic carbocycles. The van der Waals surface area contributed by atoms with Gasteiger partial charge in [-0.05, 0) is 79.7 Å². The average Bonchev–Trinajstić information content (AvgIpc) is 3.20. The molecule has 0 saturated carbocycles. The van der Waals surface area contributed by atoms with Gasteiger partial charge in [0.15, 0.2) is 5.17 Å². The predicted octanol–water partition coefficient (Wildman–Crippen LogP) is 6.00. The summed E-state index contributed by atoms with van der Waals surface area (Å²) in [5, 5.41) is 3.26. The molecule has 0 spiro atoms. The summed E-state index contributed by atoms with van der Waals surface area (Å²) < 4.78 is 40.4. The van der Waals surface area contributed by atoms with E-state index in [1.165, 1.54) is 23.9 Å². The van der Waals surface area contributed by atoms with E-state index in [1.54, 1.807) is 6.08 Å². The number of halogens is 3. The van der Waals surface area contributed by atoms with E-state index < -0.39 is 11.7 Å². The van der Waals surface area contributed by atoms with E-state index in [0.717, 1.165) is 34.8 Å². The molecule has 4 nitrogen and oxygen atoms in total. The van der Waals surface area contributed by atoms with Gasteiger partial charge in [-0.3, -0.25) is 4.79 Å². The Bertz CT molecular complexity index is 1190. The standard InChI is InChI=1S/C23H18F3N3OS/c1-14-12-16(15(2)29(14)19-10-8-17(9-11-19)23(24,25)26)13-20-21(30)28-22(31-20)27-18-6-4-3-5-7-18/h3-13H,1-2H3,(H,27,28,30). The van der Waals surface area contributed by atoms with Crippen molar-refractivity contribution in [3.63, 3.8) is 0 Å². The number of alkyl halides is 3. The first kappa shape index (κ1) is 21.0. The summed E-state index contributed by atoms with van der Waals surface area (Å²) in [5.41, 5.74) is 3.17. The number of amidine groups is 1. The van der Waals surface area contributed by atoms with Crippen LogP contribution in [0.1, 0.15) is 22.5 Å². The van der Waals surface area contributed by atoms with Crippen molar-refractivity contribution in [2.75, 3.05) is 0 Å². The number of aryl methyl sites for hydroxylation is 1. The minimum absolute atomic E-state index is 0.237. The number of aromatic nitrogens is 1. The largest absolute Gasteiger partial charge is 0.416 e. The lowest BCUT2D eigenvalue weighted by Crippen LogP contribution is -2.19. The lowest BCUT2D eigenvalue weighted by atomic mass is 10.2. The molecule has 4 rings (SSSR count). The number of hydrogen-bond acceptors (Lipinski definition) is 3. The zero-order valence-corrected chi connectivity index (χ0v) is 17.5. The monoisotopic (exact) mass is 441 g/mol. The van der Waals surface area contributed by atoms with E-state index in [2.05, 4.69) is 10.3 Å². The molecular formula is C23H18F3N3OS. The summed E-state index contributed by atoms with van der Waals surface area (Å²) in [6.07, 6.45) is -2.60. The van der Waals surface area contributed by atoms with E-state index in [1.807, 2.05) is 54.8 Å². The van der Waals surface area contributed by atoms with Gasteiger partial charge in [0.2, 0.25) is 0 Å². The van der Waals surface area contributed by atoms with Crippen molar-refractivity contribution in [2.45, 2.75) is 20.0 Å². The van der Waals surface area contributed by atoms with Crippen LogP contribution in [0.25, 0.3) is 11.8 Å². The summed E-state index contributed by atoms with van der Waals surface area (Å²) in [7, 11) is 0. The minimum atomic E-state index is -4.37. The normalized spacial score (nSPS) is 16.9. The number of hydrogen-bond donors (Lipinski definition) is 1. The van der Waals surface area contributed by atoms with Crippen LogP contribution in [-0.2, 0) is 11.0 Å². The second-order valence-electron chi connectivity index (χ2n) is 7.02. The van der Waals surface area contributed by atoms with Crippen LogP contribution in [-0.4, -0.2) is 15.6 Å². The number of thioether (sulfide) groups is 1. The highest BCUT2D eigenvalue weighted by Crippen LogP contribution is 2.32. The van der Waals surface area contributed by atoms with Crippen LogP contribution in [0, 0.1) is 13.8 Å². The Labute approximate surface area is 181 Å². The maximum Gasteiger partial charge on any atom is 0.416 e. The number of nitrogens with one attached hydrogen (secondary N) is 1. The molecule has 1 N–H and O–H groups in total. The van der Waals surface area contributed by atoms with Crippen molar-refractivity contribution in [1.29, 1.82) is 0 Å². The van der Waals surface area contributed by atoms with Crippen molar-refractivity contribution >= 4 is 34.6 Å². The van der Waals surface area contributed by atoms with Gasteiger partial charge in [-0.1, -0.05) is 18.2 Å². The zero-order valence-electron chi connectivity index (χ0n) is 16.7. The van der Waals surface area contributed by atoms with Gasteiger partial charge in [-0.15, -0.1) is 0 Å². The van der Waals surface area contributed by atoms with Gasteiger partial charge in [0.05, 0.1) is 16.2 Å². The highest BCUT2D eigenvalue weighted by atomic mass is 32.2. The molecule has 1 saturated heterocycles. The molecule has 0 atom stereocenters. The summed E-state index contributed by atoms with van der Waals surface area (Å²) in [6.45, 7) is 3.74. The number of benzene rings is 2. The third-order valence-electron chi connectivity index (χ3n) is 4.85. The van der Waals surface area contributed by atoms with Crippen LogP contribution in [0.4, 0.5) is 18.9 Å². The van der Waals surface area contributed by atoms with Crippen LogP contribution in [0.5, 0.6) is 0 Å². The Morgan fingerprint density at radius 2 is 1.71 bits per heavy atom. The second-order valence-corrected chi connectivity index (χ2v) is 8.05. The van der Waals surface area contributed by atoms with Crippen LogP contribution >= 0.6 is 11.8 Å². The third kappa shape index (κ3) is 4.44. The van der Waals surface area contributed by atoms with E-state index in [9.17, 15) is 18.0 Å². The molecule has 0 aliphatic carbocycles. The summed E-state index contributed by atoms with van der Waals surface area (Å²) in [4.78, 5) is 17.3. The minimum Gasteiger partial charge on any atom is -0.318 e. The number of rotatable bonds is 3. The lowest BCUT2D eigenvalue weighted by molar-refractivity contribution is -0.137. The first-order chi connectivity index (χ1) is 14.7. The molecule has 0 unspecified atom stereocenters. The van der Waals surface area contributed by atoms with Crippen LogP contribution in [0.3, 0.4) is 0 Å². The Morgan fingerprint density at radius 1 is 1.03 bits per heavy atom. The van der Waals surface area contributed by atoms with Crippen molar-refractivity contribution in [3.05, 3.63) is 88.1 Å². The first-order valence-corrected chi connectivity index (χ1v) is 10.3. The van der Waals surface area contributed by atoms with Crippen molar-refractivity contribution in [3.8, 4) is 5.69 Å². The van der Waals surface area contributed by atoms with E-state index in [0.29, 0.717) is 15.8 Å². The molecule has 3 aromatic rings. The Balaban J connectivity index is 1.62. The van der Waals surface area contributed by atoms with Gasteiger partial charge in [0, 0.05) is 17.1 Å². The topological polar surface area (TPSA) is 46.4 Å². The molecule has 1 amide bonds. The predicted molar refractivity (Wildman–Crippen MR) is 117 cm³/mol. The first-order valence-electron chi connectivity index (χ1n) is 9.43. The third-order valence-corrected chi connectivity index (χ3v) is 5.76. The average molecular weight is 441 g/mol. The fraction of sp³-hybridized carbons (Fsp3) is 0.130. The van der Waals surface area contributed by atoms with Gasteiger partial charge in [0.25, 0.3) is 5.91 Å². The fourth-order valence-corrected chi connectivity index (χ4v) is 4.20. The molecule has 8 heteroatoms. The van der Waals surface area contributed by atoms with Crippen LogP contribution < -0.4 is 5.32 Å². The smallest absolute Gasteiger partial charge is 0.318 e. The van der Waals surface area contributed by atoms with Crippen molar-refractivity contribution in [2.24, 2.45) is 4.99 Å². The summed E-state index contributed by atoms with van der Waals surface area (Å²) in [5.74, 6) is -0.237. The lowest BCUT2D eigenvalue weighted by Gasteiger charge is -2.12. The highest BCUT2D eigenvalue weighted by molar-refractivity contribution is 8.18. The van der Waals surface area contributed by atoms with Gasteiger partial charge >= 0.3 is 6.18 Å². The molecule has 1 aliphatic heterocycles. The number of nitrogens with zero attached hydrogens (tertiary/aromatic N) is 2. The van der Waals surface area contributed by atoms with Gasteiger partial charge in [-0.2, -0.15) is 13.2 Å². The van der Waals surface area contributed by atoms with Gasteiger partial charge < -0.3 is 9.88 Å². The maximum absolute atomic E-state index is 12.9. The van der Waals surface area contributed by atoms with Crippen LogP contribution in [0.2, 0.25) is 0 Å². The number of aliphatic imine (C=N–C) groups is 1. The molecule has 2 heterocycles. The van der Waals surface area contributed by atoms with E-state index >= 15 is 0 Å². The van der Waals surface area contributed by atoms with E-state index in [4.69, 9.17) is 0 Å². The second kappa shape index (κ2) is 8.11. The summed E-state index contributed by atoms with van der Waals surface area (Å²) >= 11 is 1.25. The molecule has 1 fully saturated rings. The van der Waals surface area contributed by atoms with Gasteiger partial charge in [-0.25, -0.2) is 4.99 Å². The number of para-hydroxylation sites is 1. The molecule has 0 bridgehead atoms. The number of amides is 1. The Kier molecular flexibility index (Phi) is 5.49. The SMILES string of the molecule is Cc1cc(C=C2SC(=Nc3ccccc3)NC2=O)c(C)n1-c1ccc(C(F)(F)F)cc1. The fourth-order valence-electron chi connectivity index (χ4n) is 3.37. The van der Waals surface area contributed by atoms with Crippen molar-refractivity contribution < 1.29 is 18.0 Å². The van der Waals surface area contributed by atoms with Crippen molar-refractivity contribution in [1.82, 2.24) is 9.88 Å². The molecular weight excluding hydrogens is 423 g/mol. The van der Waals surface area contributed by atoms with Crippen LogP contribution in [0.15, 0.2) is 70.6 Å². The summed E-state index contributed by atoms with van der Waals surface area (Å²) in [6, 6.07) is 16.3. The molecule has 31 heavy (non-hydrogen) atoms. The molecule has 0 radical (unpaired) electrons. The Hall–Kier alpha value is -3.26. The van der Waals surface area contributed by atoms with Gasteiger partial charge in [0.1, 0.15) is 0 Å². The zero-order chi connectivity index (χ0) is 22.2. The number of carbonyl (C=O) groups is 1. The molecule has 158 valence electrons. The molecule has 1 aliphatic rings. The number of carbonyl (C=O) groups excluding carboxylic acids is 1.